The van der Waals surface area contributed by atoms with E-state index >= 15 is 0 Å². The minimum absolute atomic E-state index is 0.136. The van der Waals surface area contributed by atoms with E-state index in [4.69, 9.17) is 0 Å². The van der Waals surface area contributed by atoms with Crippen LogP contribution in [0.2, 0.25) is 0 Å². The number of aliphatic hydroxyl groups excluding tert-OH is 1. The molecule has 0 aliphatic heterocycles. The third-order valence-electron chi connectivity index (χ3n) is 7.27. The molecule has 1 heteroatoms. The fourth-order valence-electron chi connectivity index (χ4n) is 5.90. The molecule has 0 amide bonds. The van der Waals surface area contributed by atoms with Crippen LogP contribution in [0.25, 0.3) is 22.3 Å². The fourth-order valence-corrected chi connectivity index (χ4v) is 5.90. The van der Waals surface area contributed by atoms with Crippen LogP contribution in [0.15, 0.2) is 97.1 Å². The second-order valence-electron chi connectivity index (χ2n) is 8.60. The number of hydrogen-bond acceptors (Lipinski definition) is 1. The second kappa shape index (κ2) is 6.68. The van der Waals surface area contributed by atoms with Crippen LogP contribution in [0.3, 0.4) is 0 Å². The van der Waals surface area contributed by atoms with Gasteiger partial charge >= 0.3 is 0 Å². The summed E-state index contributed by atoms with van der Waals surface area (Å²) in [5, 5.41) is 10.8. The Balaban J connectivity index is 1.44. The molecule has 0 saturated carbocycles. The Morgan fingerprint density at radius 1 is 0.567 bits per heavy atom. The summed E-state index contributed by atoms with van der Waals surface area (Å²) < 4.78 is 0. The lowest BCUT2D eigenvalue weighted by atomic mass is 9.73. The van der Waals surface area contributed by atoms with Gasteiger partial charge in [0.15, 0.2) is 0 Å². The van der Waals surface area contributed by atoms with Crippen LogP contribution in [0.4, 0.5) is 0 Å². The number of fused-ring (bicyclic) bond motifs is 6. The molecule has 0 unspecified atom stereocenters. The van der Waals surface area contributed by atoms with Crippen LogP contribution in [-0.4, -0.2) is 11.7 Å². The average Bonchev–Trinajstić information content (AvgIpc) is 3.29. The second-order valence-corrected chi connectivity index (χ2v) is 8.60. The number of hydrogen-bond donors (Lipinski definition) is 1. The van der Waals surface area contributed by atoms with Gasteiger partial charge in [0, 0.05) is 11.3 Å². The highest BCUT2D eigenvalue weighted by molar-refractivity contribution is 5.81. The third-order valence-corrected chi connectivity index (χ3v) is 7.27. The van der Waals surface area contributed by atoms with Gasteiger partial charge in [-0.15, -0.1) is 0 Å². The minimum Gasteiger partial charge on any atom is -0.395 e. The highest BCUT2D eigenvalue weighted by atomic mass is 16.3. The van der Waals surface area contributed by atoms with Crippen LogP contribution in [0.1, 0.15) is 41.0 Å². The van der Waals surface area contributed by atoms with E-state index in [0.29, 0.717) is 5.92 Å². The van der Waals surface area contributed by atoms with Crippen molar-refractivity contribution < 1.29 is 5.11 Å². The maximum absolute atomic E-state index is 10.8. The molecule has 4 aromatic carbocycles. The molecule has 0 atom stereocenters. The van der Waals surface area contributed by atoms with Crippen LogP contribution < -0.4 is 0 Å². The van der Waals surface area contributed by atoms with Crippen molar-refractivity contribution in [2.24, 2.45) is 0 Å². The molecule has 2 aliphatic carbocycles. The van der Waals surface area contributed by atoms with Gasteiger partial charge in [-0.1, -0.05) is 97.1 Å². The Hall–Kier alpha value is -3.16. The van der Waals surface area contributed by atoms with Crippen molar-refractivity contribution in [1.82, 2.24) is 0 Å². The first-order valence-corrected chi connectivity index (χ1v) is 10.8. The predicted octanol–water partition coefficient (Wildman–Crippen LogP) is 6.54. The summed E-state index contributed by atoms with van der Waals surface area (Å²) in [6.07, 6.45) is 1.93. The normalized spacial score (nSPS) is 15.4. The molecule has 30 heavy (non-hydrogen) atoms. The molecule has 1 nitrogen and oxygen atoms in total. The topological polar surface area (TPSA) is 20.2 Å². The van der Waals surface area contributed by atoms with Gasteiger partial charge < -0.3 is 5.11 Å². The Bertz CT molecular complexity index is 1160. The van der Waals surface area contributed by atoms with Gasteiger partial charge in [-0.3, -0.25) is 0 Å². The van der Waals surface area contributed by atoms with Gasteiger partial charge in [-0.05, 0) is 57.3 Å². The first-order valence-electron chi connectivity index (χ1n) is 10.8. The summed E-state index contributed by atoms with van der Waals surface area (Å²) in [5.74, 6) is 0.376. The van der Waals surface area contributed by atoms with E-state index in [0.717, 1.165) is 12.8 Å². The lowest BCUT2D eigenvalue weighted by molar-refractivity contribution is 0.211. The predicted molar refractivity (Wildman–Crippen MR) is 123 cm³/mol. The molecular weight excluding hydrogens is 364 g/mol. The zero-order chi connectivity index (χ0) is 20.1. The molecule has 146 valence electrons. The molecular formula is C29H24O. The lowest BCUT2D eigenvalue weighted by Gasteiger charge is -2.31. The molecule has 0 fully saturated rings. The van der Waals surface area contributed by atoms with Crippen LogP contribution >= 0.6 is 0 Å². The van der Waals surface area contributed by atoms with E-state index in [1.165, 1.54) is 44.5 Å². The van der Waals surface area contributed by atoms with E-state index in [2.05, 4.69) is 97.1 Å². The largest absolute Gasteiger partial charge is 0.395 e. The Labute approximate surface area is 177 Å². The maximum atomic E-state index is 10.8. The maximum Gasteiger partial charge on any atom is 0.0569 e. The van der Waals surface area contributed by atoms with Crippen molar-refractivity contribution >= 4 is 0 Å². The van der Waals surface area contributed by atoms with Gasteiger partial charge in [-0.25, -0.2) is 0 Å². The van der Waals surface area contributed by atoms with E-state index in [-0.39, 0.29) is 12.0 Å². The summed E-state index contributed by atoms with van der Waals surface area (Å²) >= 11 is 0. The Kier molecular flexibility index (Phi) is 3.94. The summed E-state index contributed by atoms with van der Waals surface area (Å²) in [4.78, 5) is 0. The zero-order valence-electron chi connectivity index (χ0n) is 16.9. The number of benzene rings is 4. The van der Waals surface area contributed by atoms with E-state index in [1.54, 1.807) is 0 Å². The van der Waals surface area contributed by atoms with Crippen LogP contribution in [-0.2, 0) is 5.41 Å². The molecule has 0 bridgehead atoms. The van der Waals surface area contributed by atoms with Crippen LogP contribution in [0.5, 0.6) is 0 Å². The van der Waals surface area contributed by atoms with Crippen molar-refractivity contribution in [2.45, 2.75) is 24.2 Å². The van der Waals surface area contributed by atoms with Gasteiger partial charge in [0.2, 0.25) is 0 Å². The molecule has 1 N–H and O–H groups in total. The van der Waals surface area contributed by atoms with Gasteiger partial charge in [0.05, 0.1) is 6.61 Å². The van der Waals surface area contributed by atoms with Crippen molar-refractivity contribution in [3.05, 3.63) is 119 Å². The molecule has 0 saturated heterocycles. The smallest absolute Gasteiger partial charge is 0.0569 e. The molecule has 4 aromatic rings. The summed E-state index contributed by atoms with van der Waals surface area (Å²) in [6.45, 7) is 0.136. The summed E-state index contributed by atoms with van der Waals surface area (Å²) in [6, 6.07) is 34.9. The molecule has 0 aromatic heterocycles. The quantitative estimate of drug-likeness (QED) is 0.421. The third kappa shape index (κ3) is 2.33. The first-order chi connectivity index (χ1) is 14.8. The van der Waals surface area contributed by atoms with Crippen molar-refractivity contribution in [1.29, 1.82) is 0 Å². The molecule has 6 rings (SSSR count). The van der Waals surface area contributed by atoms with Gasteiger partial charge in [-0.2, -0.15) is 0 Å². The summed E-state index contributed by atoms with van der Waals surface area (Å²) in [5.41, 5.74) is 10.3. The van der Waals surface area contributed by atoms with Crippen molar-refractivity contribution in [2.75, 3.05) is 6.61 Å². The first kappa shape index (κ1) is 17.7. The SMILES string of the molecule is OCC1(CCC2c3ccccc3-c3ccccc32)c2ccccc2-c2ccccc21. The fraction of sp³-hybridized carbons (Fsp3) is 0.172. The number of aliphatic hydroxyl groups is 1. The highest BCUT2D eigenvalue weighted by Gasteiger charge is 2.43. The molecule has 0 radical (unpaired) electrons. The zero-order valence-corrected chi connectivity index (χ0v) is 16.9. The highest BCUT2D eigenvalue weighted by Crippen LogP contribution is 2.54. The number of rotatable bonds is 4. The Morgan fingerprint density at radius 2 is 1.00 bits per heavy atom. The van der Waals surface area contributed by atoms with Gasteiger partial charge in [0.1, 0.15) is 0 Å². The van der Waals surface area contributed by atoms with Gasteiger partial charge in [0.25, 0.3) is 0 Å². The average molecular weight is 389 g/mol. The molecule has 0 heterocycles. The van der Waals surface area contributed by atoms with E-state index in [9.17, 15) is 5.11 Å². The minimum atomic E-state index is -0.334. The molecule has 0 spiro atoms. The Morgan fingerprint density at radius 3 is 1.50 bits per heavy atom. The van der Waals surface area contributed by atoms with Crippen LogP contribution in [0, 0.1) is 0 Å². The van der Waals surface area contributed by atoms with E-state index in [1.807, 2.05) is 0 Å². The van der Waals surface area contributed by atoms with Crippen molar-refractivity contribution in [3.8, 4) is 22.3 Å². The lowest BCUT2D eigenvalue weighted by Crippen LogP contribution is -2.30. The standard InChI is InChI=1S/C29H24O/c30-19-29(27-15-7-5-13-25(27)26-14-6-8-16-28(26)29)18-17-24-22-11-3-1-9-20(22)21-10-2-4-12-23(21)24/h1-16,24,30H,17-19H2. The molecule has 2 aliphatic rings. The monoisotopic (exact) mass is 388 g/mol. The van der Waals surface area contributed by atoms with Crippen molar-refractivity contribution in [3.63, 3.8) is 0 Å². The summed E-state index contributed by atoms with van der Waals surface area (Å²) in [7, 11) is 0. The van der Waals surface area contributed by atoms with E-state index < -0.39 is 0 Å².